The van der Waals surface area contributed by atoms with E-state index in [1.165, 1.54) is 5.56 Å². The molecule has 2 aliphatic heterocycles. The number of hydrogen-bond donors (Lipinski definition) is 0. The highest BCUT2D eigenvalue weighted by molar-refractivity contribution is 5.52. The van der Waals surface area contributed by atoms with Crippen molar-refractivity contribution >= 4 is 0 Å². The van der Waals surface area contributed by atoms with Crippen molar-refractivity contribution in [3.05, 3.63) is 29.1 Å². The molecule has 0 spiro atoms. The second kappa shape index (κ2) is 5.18. The Labute approximate surface area is 137 Å². The molecule has 3 nitrogen and oxygen atoms in total. The Morgan fingerprint density at radius 3 is 2.65 bits per heavy atom. The molecule has 1 aromatic carbocycles. The molecule has 3 aliphatic rings. The van der Waals surface area contributed by atoms with Gasteiger partial charge < -0.3 is 14.4 Å². The van der Waals surface area contributed by atoms with Gasteiger partial charge in [-0.3, -0.25) is 0 Å². The molecular formula is C19H26FNO2. The van der Waals surface area contributed by atoms with Gasteiger partial charge in [0.1, 0.15) is 12.2 Å². The molecule has 2 heterocycles. The number of benzene rings is 1. The molecule has 1 atom stereocenters. The van der Waals surface area contributed by atoms with Crippen LogP contribution in [0, 0.1) is 17.2 Å². The topological polar surface area (TPSA) is 21.7 Å². The van der Waals surface area contributed by atoms with E-state index in [0.717, 1.165) is 37.9 Å². The quantitative estimate of drug-likeness (QED) is 0.792. The number of nitrogens with zero attached hydrogens (tertiary/aromatic N) is 1. The van der Waals surface area contributed by atoms with Crippen molar-refractivity contribution in [3.8, 4) is 5.75 Å². The molecule has 1 aliphatic carbocycles. The molecule has 1 fully saturated rings. The maximum atomic E-state index is 14.5. The Balaban J connectivity index is 1.90. The monoisotopic (exact) mass is 319 g/mol. The molecule has 126 valence electrons. The van der Waals surface area contributed by atoms with E-state index in [9.17, 15) is 4.39 Å². The van der Waals surface area contributed by atoms with Crippen LogP contribution in [0.4, 0.5) is 4.39 Å². The third-order valence-electron chi connectivity index (χ3n) is 6.16. The van der Waals surface area contributed by atoms with Crippen molar-refractivity contribution in [2.45, 2.75) is 38.7 Å². The lowest BCUT2D eigenvalue weighted by atomic mass is 9.65. The minimum atomic E-state index is -0.419. The molecule has 4 heteroatoms. The minimum Gasteiger partial charge on any atom is -0.488 e. The van der Waals surface area contributed by atoms with E-state index in [1.807, 2.05) is 6.07 Å². The number of likely N-dealkylation sites (tertiary alicyclic amines) is 1. The molecule has 1 aromatic rings. The summed E-state index contributed by atoms with van der Waals surface area (Å²) in [6.07, 6.45) is 3.11. The van der Waals surface area contributed by atoms with Crippen LogP contribution in [0.5, 0.6) is 5.75 Å². The average molecular weight is 319 g/mol. The minimum absolute atomic E-state index is 0.0494. The van der Waals surface area contributed by atoms with E-state index in [4.69, 9.17) is 9.47 Å². The fourth-order valence-electron chi connectivity index (χ4n) is 5.14. The predicted molar refractivity (Wildman–Crippen MR) is 87.2 cm³/mol. The first-order valence-corrected chi connectivity index (χ1v) is 8.73. The van der Waals surface area contributed by atoms with Crippen LogP contribution in [0.25, 0.3) is 0 Å². The largest absolute Gasteiger partial charge is 0.488 e. The Morgan fingerprint density at radius 1 is 1.17 bits per heavy atom. The van der Waals surface area contributed by atoms with Gasteiger partial charge in [0.15, 0.2) is 11.6 Å². The van der Waals surface area contributed by atoms with Gasteiger partial charge >= 0.3 is 0 Å². The van der Waals surface area contributed by atoms with Crippen molar-refractivity contribution < 1.29 is 13.9 Å². The van der Waals surface area contributed by atoms with Crippen LogP contribution in [0.2, 0.25) is 0 Å². The first kappa shape index (κ1) is 15.4. The van der Waals surface area contributed by atoms with Gasteiger partial charge in [0.2, 0.25) is 0 Å². The van der Waals surface area contributed by atoms with Crippen LogP contribution in [0.1, 0.15) is 37.8 Å². The number of rotatable bonds is 1. The highest BCUT2D eigenvalue weighted by atomic mass is 19.1. The van der Waals surface area contributed by atoms with Gasteiger partial charge in [0.25, 0.3) is 0 Å². The van der Waals surface area contributed by atoms with E-state index >= 15 is 0 Å². The zero-order valence-electron chi connectivity index (χ0n) is 14.3. The Kier molecular flexibility index (Phi) is 3.47. The highest BCUT2D eigenvalue weighted by Crippen LogP contribution is 2.61. The Bertz CT molecular complexity index is 622. The molecule has 0 radical (unpaired) electrons. The van der Waals surface area contributed by atoms with Gasteiger partial charge in [-0.25, -0.2) is 4.39 Å². The zero-order chi connectivity index (χ0) is 16.2. The second-order valence-electron chi connectivity index (χ2n) is 7.98. The van der Waals surface area contributed by atoms with Crippen LogP contribution >= 0.6 is 0 Å². The van der Waals surface area contributed by atoms with Crippen LogP contribution in [-0.4, -0.2) is 38.3 Å². The fourth-order valence-corrected chi connectivity index (χ4v) is 5.14. The van der Waals surface area contributed by atoms with E-state index in [-0.39, 0.29) is 11.2 Å². The van der Waals surface area contributed by atoms with Gasteiger partial charge in [-0.1, -0.05) is 19.9 Å². The lowest BCUT2D eigenvalue weighted by Gasteiger charge is -2.49. The normalized spacial score (nSPS) is 30.6. The second-order valence-corrected chi connectivity index (χ2v) is 7.98. The van der Waals surface area contributed by atoms with Crippen LogP contribution < -0.4 is 4.74 Å². The smallest absolute Gasteiger partial charge is 0.165 e. The Morgan fingerprint density at radius 2 is 1.91 bits per heavy atom. The lowest BCUT2D eigenvalue weighted by Crippen LogP contribution is -2.50. The summed E-state index contributed by atoms with van der Waals surface area (Å²) in [7, 11) is 2.17. The molecule has 4 rings (SSSR count). The fraction of sp³-hybridized carbons (Fsp3) is 0.684. The Hall–Kier alpha value is -1.13. The number of ether oxygens (including phenoxy) is 2. The average Bonchev–Trinajstić information content (AvgIpc) is 2.65. The van der Waals surface area contributed by atoms with Crippen molar-refractivity contribution in [2.75, 3.05) is 33.4 Å². The summed E-state index contributed by atoms with van der Waals surface area (Å²) in [5.74, 6) is 0.617. The zero-order valence-corrected chi connectivity index (χ0v) is 14.3. The summed E-state index contributed by atoms with van der Waals surface area (Å²) in [5, 5.41) is 0. The maximum Gasteiger partial charge on any atom is 0.165 e. The number of hydrogen-bond acceptors (Lipinski definition) is 3. The lowest BCUT2D eigenvalue weighted by molar-refractivity contribution is -0.166. The molecule has 0 amide bonds. The molecule has 0 N–H and O–H groups in total. The molecule has 0 saturated carbocycles. The third kappa shape index (κ3) is 2.07. The first-order chi connectivity index (χ1) is 11.0. The number of halogens is 1. The summed E-state index contributed by atoms with van der Waals surface area (Å²) in [6, 6.07) is 3.49. The van der Waals surface area contributed by atoms with E-state index in [0.29, 0.717) is 24.9 Å². The number of piperidine rings is 1. The van der Waals surface area contributed by atoms with Crippen molar-refractivity contribution in [1.82, 2.24) is 4.90 Å². The molecule has 1 saturated heterocycles. The van der Waals surface area contributed by atoms with Gasteiger partial charge in [-0.05, 0) is 56.9 Å². The summed E-state index contributed by atoms with van der Waals surface area (Å²) in [5.41, 5.74) is 1.74. The highest BCUT2D eigenvalue weighted by Gasteiger charge is 2.60. The van der Waals surface area contributed by atoms with Gasteiger partial charge in [0, 0.05) is 11.0 Å². The standard InChI is InChI=1S/C19H26FNO2/c1-18(2)12-13-4-5-15(20)17-16(13)19(18,23-11-10-22-17)14-6-8-21(3)9-7-14/h4-5,14H,6-12H2,1-3H3. The van der Waals surface area contributed by atoms with Crippen LogP contribution in [0.15, 0.2) is 12.1 Å². The predicted octanol–water partition coefficient (Wildman–Crippen LogP) is 3.35. The molecular weight excluding hydrogens is 293 g/mol. The summed E-state index contributed by atoms with van der Waals surface area (Å²) < 4.78 is 26.8. The molecule has 1 unspecified atom stereocenters. The first-order valence-electron chi connectivity index (χ1n) is 8.73. The third-order valence-corrected chi connectivity index (χ3v) is 6.16. The van der Waals surface area contributed by atoms with E-state index in [2.05, 4.69) is 25.8 Å². The summed E-state index contributed by atoms with van der Waals surface area (Å²) in [6.45, 7) is 7.66. The van der Waals surface area contributed by atoms with Gasteiger partial charge in [-0.15, -0.1) is 0 Å². The molecule has 23 heavy (non-hydrogen) atoms. The molecule has 0 bridgehead atoms. The van der Waals surface area contributed by atoms with Gasteiger partial charge in [-0.2, -0.15) is 0 Å². The SMILES string of the molecule is CN1CCC(C23OCCOc4c(F)ccc(c42)CC3(C)C)CC1. The van der Waals surface area contributed by atoms with Crippen LogP contribution in [0.3, 0.4) is 0 Å². The van der Waals surface area contributed by atoms with E-state index in [1.54, 1.807) is 6.07 Å². The van der Waals surface area contributed by atoms with E-state index < -0.39 is 5.60 Å². The maximum absolute atomic E-state index is 14.5. The van der Waals surface area contributed by atoms with Crippen LogP contribution in [-0.2, 0) is 16.8 Å². The van der Waals surface area contributed by atoms with Gasteiger partial charge in [0.05, 0.1) is 6.61 Å². The van der Waals surface area contributed by atoms with Crippen molar-refractivity contribution in [2.24, 2.45) is 11.3 Å². The van der Waals surface area contributed by atoms with Crippen molar-refractivity contribution in [1.29, 1.82) is 0 Å². The summed E-state index contributed by atoms with van der Waals surface area (Å²) >= 11 is 0. The van der Waals surface area contributed by atoms with Crippen molar-refractivity contribution in [3.63, 3.8) is 0 Å². The summed E-state index contributed by atoms with van der Waals surface area (Å²) in [4.78, 5) is 2.37. The molecule has 0 aromatic heterocycles.